The number of fused-ring (bicyclic) bond motifs is 1. The lowest BCUT2D eigenvalue weighted by Gasteiger charge is -2.18. The average Bonchev–Trinajstić information content (AvgIpc) is 3.02. The Morgan fingerprint density at radius 3 is 3.00 bits per heavy atom. The standard InChI is InChI=1S/C14H17NS/c1-2-15-13(10-6-7-10)12-5-3-4-11-8-9-16-14(11)12/h3-5,8-10,13,15H,2,6-7H2,1H3. The fourth-order valence-electron chi connectivity index (χ4n) is 2.44. The topological polar surface area (TPSA) is 12.0 Å². The van der Waals surface area contributed by atoms with E-state index >= 15 is 0 Å². The Balaban J connectivity index is 2.04. The Bertz CT molecular complexity index is 484. The van der Waals surface area contributed by atoms with Crippen LogP contribution in [0.5, 0.6) is 0 Å². The molecule has 0 saturated heterocycles. The molecule has 1 aromatic carbocycles. The van der Waals surface area contributed by atoms with E-state index in [-0.39, 0.29) is 0 Å². The molecule has 16 heavy (non-hydrogen) atoms. The van der Waals surface area contributed by atoms with Gasteiger partial charge in [-0.1, -0.05) is 25.1 Å². The highest BCUT2D eigenvalue weighted by Gasteiger charge is 2.32. The van der Waals surface area contributed by atoms with Gasteiger partial charge in [0.25, 0.3) is 0 Å². The molecule has 3 rings (SSSR count). The van der Waals surface area contributed by atoms with Gasteiger partial charge in [0, 0.05) is 10.7 Å². The second kappa shape index (κ2) is 4.19. The molecule has 1 N–H and O–H groups in total. The Kier molecular flexibility index (Phi) is 2.70. The minimum absolute atomic E-state index is 0.576. The van der Waals surface area contributed by atoms with Crippen molar-refractivity contribution in [1.82, 2.24) is 5.32 Å². The molecule has 1 aliphatic rings. The van der Waals surface area contributed by atoms with Crippen LogP contribution in [0.4, 0.5) is 0 Å². The Morgan fingerprint density at radius 2 is 2.25 bits per heavy atom. The summed E-state index contributed by atoms with van der Waals surface area (Å²) in [5.74, 6) is 0.868. The minimum Gasteiger partial charge on any atom is -0.310 e. The third-order valence-corrected chi connectivity index (χ3v) is 4.34. The molecule has 1 aliphatic carbocycles. The number of hydrogen-bond acceptors (Lipinski definition) is 2. The summed E-state index contributed by atoms with van der Waals surface area (Å²) in [5, 5.41) is 7.24. The van der Waals surface area contributed by atoms with Gasteiger partial charge in [0.15, 0.2) is 0 Å². The summed E-state index contributed by atoms with van der Waals surface area (Å²) in [5.41, 5.74) is 1.51. The third-order valence-electron chi connectivity index (χ3n) is 3.36. The fourth-order valence-corrected chi connectivity index (χ4v) is 3.40. The van der Waals surface area contributed by atoms with Crippen LogP contribution in [-0.2, 0) is 0 Å². The van der Waals surface area contributed by atoms with E-state index in [4.69, 9.17) is 0 Å². The Morgan fingerprint density at radius 1 is 1.38 bits per heavy atom. The number of nitrogens with one attached hydrogen (secondary N) is 1. The summed E-state index contributed by atoms with van der Waals surface area (Å²) in [6, 6.07) is 9.50. The van der Waals surface area contributed by atoms with Crippen LogP contribution < -0.4 is 5.32 Å². The van der Waals surface area contributed by atoms with Crippen LogP contribution in [0.15, 0.2) is 29.6 Å². The second-order valence-electron chi connectivity index (χ2n) is 4.56. The third kappa shape index (κ3) is 1.76. The molecular formula is C14H17NS. The zero-order chi connectivity index (χ0) is 11.0. The molecule has 0 radical (unpaired) electrons. The lowest BCUT2D eigenvalue weighted by Crippen LogP contribution is -2.22. The monoisotopic (exact) mass is 231 g/mol. The zero-order valence-electron chi connectivity index (χ0n) is 9.57. The Labute approximate surface area is 100 Å². The van der Waals surface area contributed by atoms with Gasteiger partial charge >= 0.3 is 0 Å². The van der Waals surface area contributed by atoms with Gasteiger partial charge in [-0.05, 0) is 47.7 Å². The molecule has 84 valence electrons. The molecule has 1 atom stereocenters. The molecule has 2 heteroatoms. The summed E-state index contributed by atoms with van der Waals surface area (Å²) < 4.78 is 1.47. The fraction of sp³-hybridized carbons (Fsp3) is 0.429. The van der Waals surface area contributed by atoms with E-state index in [0.29, 0.717) is 6.04 Å². The highest BCUT2D eigenvalue weighted by Crippen LogP contribution is 2.43. The first-order valence-corrected chi connectivity index (χ1v) is 6.97. The molecule has 1 aromatic heterocycles. The molecule has 0 amide bonds. The van der Waals surface area contributed by atoms with Gasteiger partial charge in [-0.25, -0.2) is 0 Å². The minimum atomic E-state index is 0.576. The van der Waals surface area contributed by atoms with E-state index < -0.39 is 0 Å². The molecule has 1 fully saturated rings. The smallest absolute Gasteiger partial charge is 0.0390 e. The summed E-state index contributed by atoms with van der Waals surface area (Å²) >= 11 is 1.87. The van der Waals surface area contributed by atoms with Crippen molar-refractivity contribution in [2.75, 3.05) is 6.54 Å². The zero-order valence-corrected chi connectivity index (χ0v) is 10.4. The van der Waals surface area contributed by atoms with E-state index in [1.165, 1.54) is 28.5 Å². The van der Waals surface area contributed by atoms with Crippen molar-refractivity contribution >= 4 is 21.4 Å². The van der Waals surface area contributed by atoms with E-state index in [1.54, 1.807) is 0 Å². The number of benzene rings is 1. The van der Waals surface area contributed by atoms with Gasteiger partial charge in [0.05, 0.1) is 0 Å². The van der Waals surface area contributed by atoms with Gasteiger partial charge in [-0.3, -0.25) is 0 Å². The quantitative estimate of drug-likeness (QED) is 0.839. The van der Waals surface area contributed by atoms with Gasteiger partial charge < -0.3 is 5.32 Å². The first-order chi connectivity index (χ1) is 7.90. The van der Waals surface area contributed by atoms with E-state index in [1.807, 2.05) is 11.3 Å². The number of hydrogen-bond donors (Lipinski definition) is 1. The summed E-state index contributed by atoms with van der Waals surface area (Å²) in [6.45, 7) is 3.26. The normalized spacial score (nSPS) is 17.8. The molecule has 1 nitrogen and oxygen atoms in total. The lowest BCUT2D eigenvalue weighted by atomic mass is 10.0. The van der Waals surface area contributed by atoms with Crippen LogP contribution >= 0.6 is 11.3 Å². The average molecular weight is 231 g/mol. The van der Waals surface area contributed by atoms with Crippen molar-refractivity contribution in [1.29, 1.82) is 0 Å². The largest absolute Gasteiger partial charge is 0.310 e. The SMILES string of the molecule is CCNC(c1cccc2ccsc12)C1CC1. The highest BCUT2D eigenvalue weighted by molar-refractivity contribution is 7.17. The predicted molar refractivity (Wildman–Crippen MR) is 71.0 cm³/mol. The molecule has 1 saturated carbocycles. The van der Waals surface area contributed by atoms with Crippen molar-refractivity contribution < 1.29 is 0 Å². The summed E-state index contributed by atoms with van der Waals surface area (Å²) in [4.78, 5) is 0. The number of rotatable bonds is 4. The molecule has 1 unspecified atom stereocenters. The van der Waals surface area contributed by atoms with E-state index in [0.717, 1.165) is 12.5 Å². The molecule has 1 heterocycles. The van der Waals surface area contributed by atoms with Crippen molar-refractivity contribution in [3.05, 3.63) is 35.2 Å². The van der Waals surface area contributed by atoms with Crippen LogP contribution in [0.3, 0.4) is 0 Å². The molecule has 0 spiro atoms. The number of thiophene rings is 1. The van der Waals surface area contributed by atoms with Crippen LogP contribution in [0.2, 0.25) is 0 Å². The predicted octanol–water partition coefficient (Wildman–Crippen LogP) is 3.96. The van der Waals surface area contributed by atoms with Crippen LogP contribution in [0, 0.1) is 5.92 Å². The van der Waals surface area contributed by atoms with Crippen molar-refractivity contribution in [2.45, 2.75) is 25.8 Å². The Hall–Kier alpha value is -0.860. The van der Waals surface area contributed by atoms with Crippen molar-refractivity contribution in [3.63, 3.8) is 0 Å². The van der Waals surface area contributed by atoms with Gasteiger partial charge in [0.2, 0.25) is 0 Å². The van der Waals surface area contributed by atoms with Gasteiger partial charge in [0.1, 0.15) is 0 Å². The molecule has 0 aliphatic heterocycles. The molecule has 2 aromatic rings. The van der Waals surface area contributed by atoms with E-state index in [2.05, 4.69) is 41.9 Å². The van der Waals surface area contributed by atoms with Crippen LogP contribution in [0.1, 0.15) is 31.4 Å². The lowest BCUT2D eigenvalue weighted by molar-refractivity contribution is 0.500. The van der Waals surface area contributed by atoms with E-state index in [9.17, 15) is 0 Å². The van der Waals surface area contributed by atoms with Crippen molar-refractivity contribution in [3.8, 4) is 0 Å². The second-order valence-corrected chi connectivity index (χ2v) is 5.48. The highest BCUT2D eigenvalue weighted by atomic mass is 32.1. The van der Waals surface area contributed by atoms with Crippen molar-refractivity contribution in [2.24, 2.45) is 5.92 Å². The molecule has 0 bridgehead atoms. The van der Waals surface area contributed by atoms with Gasteiger partial charge in [-0.2, -0.15) is 0 Å². The maximum atomic E-state index is 3.65. The van der Waals surface area contributed by atoms with Crippen LogP contribution in [-0.4, -0.2) is 6.54 Å². The maximum Gasteiger partial charge on any atom is 0.0390 e. The first kappa shape index (κ1) is 10.3. The summed E-state index contributed by atoms with van der Waals surface area (Å²) in [7, 11) is 0. The molecular weight excluding hydrogens is 214 g/mol. The first-order valence-electron chi connectivity index (χ1n) is 6.09. The van der Waals surface area contributed by atoms with Crippen LogP contribution in [0.25, 0.3) is 10.1 Å². The summed E-state index contributed by atoms with van der Waals surface area (Å²) in [6.07, 6.45) is 2.78. The van der Waals surface area contributed by atoms with Gasteiger partial charge in [-0.15, -0.1) is 11.3 Å². The maximum absolute atomic E-state index is 3.65.